The van der Waals surface area contributed by atoms with Gasteiger partial charge in [0, 0.05) is 25.2 Å². The van der Waals surface area contributed by atoms with E-state index < -0.39 is 0 Å². The molecule has 0 radical (unpaired) electrons. The standard InChI is InChI=1S/C15H20N2O/c1-3-9-17(10-4-2)15(18)14-11-12-7-5-6-8-13(12)16-14/h3,5-8,14,16H,1,4,9-11H2,2H3/t14-/m0/s1. The summed E-state index contributed by atoms with van der Waals surface area (Å²) >= 11 is 0. The molecule has 0 saturated carbocycles. The van der Waals surface area contributed by atoms with Gasteiger partial charge in [-0.25, -0.2) is 0 Å². The van der Waals surface area contributed by atoms with Crippen LogP contribution in [0.4, 0.5) is 5.69 Å². The number of benzene rings is 1. The minimum absolute atomic E-state index is 0.117. The molecule has 0 unspecified atom stereocenters. The van der Waals surface area contributed by atoms with Crippen molar-refractivity contribution in [2.45, 2.75) is 25.8 Å². The van der Waals surface area contributed by atoms with Gasteiger partial charge in [-0.2, -0.15) is 0 Å². The second-order valence-electron chi connectivity index (χ2n) is 4.63. The highest BCUT2D eigenvalue weighted by Crippen LogP contribution is 2.26. The fourth-order valence-corrected chi connectivity index (χ4v) is 2.38. The summed E-state index contributed by atoms with van der Waals surface area (Å²) in [6.07, 6.45) is 3.54. The van der Waals surface area contributed by atoms with Crippen LogP contribution < -0.4 is 5.32 Å². The number of nitrogens with one attached hydrogen (secondary N) is 1. The molecule has 0 fully saturated rings. The van der Waals surface area contributed by atoms with Crippen molar-refractivity contribution in [3.8, 4) is 0 Å². The molecule has 0 saturated heterocycles. The predicted octanol–water partition coefficient (Wildman–Crippen LogP) is 2.45. The van der Waals surface area contributed by atoms with Crippen LogP contribution in [0, 0.1) is 0 Å². The topological polar surface area (TPSA) is 32.3 Å². The number of hydrogen-bond donors (Lipinski definition) is 1. The first-order chi connectivity index (χ1) is 8.76. The molecule has 0 spiro atoms. The summed E-state index contributed by atoms with van der Waals surface area (Å²) < 4.78 is 0. The lowest BCUT2D eigenvalue weighted by atomic mass is 10.1. The molecule has 3 heteroatoms. The van der Waals surface area contributed by atoms with Crippen molar-refractivity contribution in [2.75, 3.05) is 18.4 Å². The van der Waals surface area contributed by atoms with E-state index in [-0.39, 0.29) is 11.9 Å². The Labute approximate surface area is 108 Å². The zero-order valence-electron chi connectivity index (χ0n) is 10.9. The lowest BCUT2D eigenvalue weighted by molar-refractivity contribution is -0.131. The van der Waals surface area contributed by atoms with E-state index in [4.69, 9.17) is 0 Å². The maximum atomic E-state index is 12.4. The van der Waals surface area contributed by atoms with E-state index in [1.54, 1.807) is 6.08 Å². The molecule has 3 nitrogen and oxygen atoms in total. The molecule has 2 rings (SSSR count). The van der Waals surface area contributed by atoms with Crippen molar-refractivity contribution in [1.29, 1.82) is 0 Å². The van der Waals surface area contributed by atoms with Gasteiger partial charge in [-0.1, -0.05) is 31.2 Å². The van der Waals surface area contributed by atoms with Gasteiger partial charge in [-0.05, 0) is 18.1 Å². The highest BCUT2D eigenvalue weighted by Gasteiger charge is 2.29. The van der Waals surface area contributed by atoms with E-state index in [0.29, 0.717) is 6.54 Å². The van der Waals surface area contributed by atoms with Gasteiger partial charge in [-0.3, -0.25) is 4.79 Å². The zero-order chi connectivity index (χ0) is 13.0. The molecule has 18 heavy (non-hydrogen) atoms. The normalized spacial score (nSPS) is 16.8. The van der Waals surface area contributed by atoms with Gasteiger partial charge in [0.1, 0.15) is 6.04 Å². The third kappa shape index (κ3) is 2.55. The number of hydrogen-bond acceptors (Lipinski definition) is 2. The Morgan fingerprint density at radius 3 is 3.00 bits per heavy atom. The Balaban J connectivity index is 2.05. The summed E-state index contributed by atoms with van der Waals surface area (Å²) in [6, 6.07) is 8.00. The largest absolute Gasteiger partial charge is 0.373 e. The van der Waals surface area contributed by atoms with E-state index in [1.165, 1.54) is 5.56 Å². The molecule has 96 valence electrons. The van der Waals surface area contributed by atoms with Crippen LogP contribution in [0.1, 0.15) is 18.9 Å². The summed E-state index contributed by atoms with van der Waals surface area (Å²) in [7, 11) is 0. The van der Waals surface area contributed by atoms with Crippen LogP contribution in [0.5, 0.6) is 0 Å². The minimum atomic E-state index is -0.117. The van der Waals surface area contributed by atoms with Crippen LogP contribution >= 0.6 is 0 Å². The van der Waals surface area contributed by atoms with E-state index in [9.17, 15) is 4.79 Å². The van der Waals surface area contributed by atoms with Crippen molar-refractivity contribution < 1.29 is 4.79 Å². The van der Waals surface area contributed by atoms with Crippen molar-refractivity contribution in [1.82, 2.24) is 4.90 Å². The van der Waals surface area contributed by atoms with E-state index in [2.05, 4.69) is 24.9 Å². The summed E-state index contributed by atoms with van der Waals surface area (Å²) in [4.78, 5) is 14.3. The van der Waals surface area contributed by atoms with E-state index in [1.807, 2.05) is 23.1 Å². The lowest BCUT2D eigenvalue weighted by Crippen LogP contribution is -2.42. The minimum Gasteiger partial charge on any atom is -0.373 e. The highest BCUT2D eigenvalue weighted by molar-refractivity contribution is 5.87. The molecule has 1 heterocycles. The van der Waals surface area contributed by atoms with Gasteiger partial charge in [0.05, 0.1) is 0 Å². The van der Waals surface area contributed by atoms with Crippen LogP contribution in [0.3, 0.4) is 0 Å². The summed E-state index contributed by atoms with van der Waals surface area (Å²) in [5, 5.41) is 3.31. The van der Waals surface area contributed by atoms with Gasteiger partial charge in [-0.15, -0.1) is 6.58 Å². The predicted molar refractivity (Wildman–Crippen MR) is 74.6 cm³/mol. The Morgan fingerprint density at radius 1 is 1.56 bits per heavy atom. The maximum Gasteiger partial charge on any atom is 0.245 e. The summed E-state index contributed by atoms with van der Waals surface area (Å²) in [6.45, 7) is 7.22. The number of carbonyl (C=O) groups is 1. The first kappa shape index (κ1) is 12.7. The molecular formula is C15H20N2O. The molecule has 1 aliphatic rings. The number of para-hydroxylation sites is 1. The average molecular weight is 244 g/mol. The van der Waals surface area contributed by atoms with Crippen LogP contribution in [0.15, 0.2) is 36.9 Å². The molecule has 0 aliphatic carbocycles. The van der Waals surface area contributed by atoms with Crippen LogP contribution in [-0.2, 0) is 11.2 Å². The molecule has 1 aromatic rings. The molecule has 1 amide bonds. The molecule has 0 aromatic heterocycles. The van der Waals surface area contributed by atoms with E-state index >= 15 is 0 Å². The van der Waals surface area contributed by atoms with Gasteiger partial charge in [0.25, 0.3) is 0 Å². The Bertz CT molecular complexity index is 417. The quantitative estimate of drug-likeness (QED) is 0.807. The van der Waals surface area contributed by atoms with Gasteiger partial charge in [0.2, 0.25) is 5.91 Å². The highest BCUT2D eigenvalue weighted by atomic mass is 16.2. The second kappa shape index (κ2) is 5.71. The fourth-order valence-electron chi connectivity index (χ4n) is 2.38. The van der Waals surface area contributed by atoms with Crippen molar-refractivity contribution >= 4 is 11.6 Å². The van der Waals surface area contributed by atoms with Crippen LogP contribution in [0.2, 0.25) is 0 Å². The Kier molecular flexibility index (Phi) is 4.03. The number of fused-ring (bicyclic) bond motifs is 1. The van der Waals surface area contributed by atoms with Gasteiger partial charge in [0.15, 0.2) is 0 Å². The SMILES string of the molecule is C=CCN(CCC)C(=O)[C@@H]1Cc2ccccc2N1. The second-order valence-corrected chi connectivity index (χ2v) is 4.63. The third-order valence-corrected chi connectivity index (χ3v) is 3.22. The lowest BCUT2D eigenvalue weighted by Gasteiger charge is -2.24. The molecule has 1 N–H and O–H groups in total. The van der Waals surface area contributed by atoms with Crippen molar-refractivity contribution in [3.63, 3.8) is 0 Å². The zero-order valence-corrected chi connectivity index (χ0v) is 10.9. The summed E-state index contributed by atoms with van der Waals surface area (Å²) in [5.41, 5.74) is 2.32. The van der Waals surface area contributed by atoms with Crippen LogP contribution in [-0.4, -0.2) is 29.9 Å². The van der Waals surface area contributed by atoms with E-state index in [0.717, 1.165) is 25.1 Å². The molecule has 1 aliphatic heterocycles. The van der Waals surface area contributed by atoms with Crippen molar-refractivity contribution in [2.24, 2.45) is 0 Å². The number of amides is 1. The smallest absolute Gasteiger partial charge is 0.245 e. The molecule has 1 atom stereocenters. The monoisotopic (exact) mass is 244 g/mol. The number of carbonyl (C=O) groups excluding carboxylic acids is 1. The van der Waals surface area contributed by atoms with Gasteiger partial charge < -0.3 is 10.2 Å². The average Bonchev–Trinajstić information content (AvgIpc) is 2.81. The first-order valence-electron chi connectivity index (χ1n) is 6.50. The maximum absolute atomic E-state index is 12.4. The Hall–Kier alpha value is -1.77. The third-order valence-electron chi connectivity index (χ3n) is 3.22. The molecule has 0 bridgehead atoms. The number of anilines is 1. The number of rotatable bonds is 5. The molecular weight excluding hydrogens is 224 g/mol. The van der Waals surface area contributed by atoms with Gasteiger partial charge >= 0.3 is 0 Å². The van der Waals surface area contributed by atoms with Crippen LogP contribution in [0.25, 0.3) is 0 Å². The molecule has 1 aromatic carbocycles. The van der Waals surface area contributed by atoms with Crippen molar-refractivity contribution in [3.05, 3.63) is 42.5 Å². The summed E-state index contributed by atoms with van der Waals surface area (Å²) in [5.74, 6) is 0.174. The first-order valence-corrected chi connectivity index (χ1v) is 6.50. The number of nitrogens with zero attached hydrogens (tertiary/aromatic N) is 1. The fraction of sp³-hybridized carbons (Fsp3) is 0.400. The Morgan fingerprint density at radius 2 is 2.33 bits per heavy atom.